The molecule has 0 radical (unpaired) electrons. The van der Waals surface area contributed by atoms with Crippen LogP contribution < -0.4 is 0 Å². The van der Waals surface area contributed by atoms with Gasteiger partial charge in [-0.25, -0.2) is 0 Å². The maximum atomic E-state index is 10.3. The maximum Gasteiger partial charge on any atom is 0.124 e. The third kappa shape index (κ3) is 1.99. The normalized spacial score (nSPS) is 21.2. The van der Waals surface area contributed by atoms with Crippen LogP contribution in [-0.2, 0) is 6.54 Å². The van der Waals surface area contributed by atoms with Crippen molar-refractivity contribution in [2.75, 3.05) is 0 Å². The minimum Gasteiger partial charge on any atom is -0.387 e. The summed E-state index contributed by atoms with van der Waals surface area (Å²) in [4.78, 5) is 0. The van der Waals surface area contributed by atoms with Crippen molar-refractivity contribution in [2.45, 2.75) is 57.3 Å². The summed E-state index contributed by atoms with van der Waals surface area (Å²) < 4.78 is 1.79. The van der Waals surface area contributed by atoms with E-state index in [2.05, 4.69) is 12.0 Å². The third-order valence-electron chi connectivity index (χ3n) is 3.44. The number of hydrogen-bond donors (Lipinski definition) is 2. The first kappa shape index (κ1) is 11.6. The van der Waals surface area contributed by atoms with Gasteiger partial charge in [0.05, 0.1) is 11.3 Å². The van der Waals surface area contributed by atoms with Crippen molar-refractivity contribution in [2.24, 2.45) is 0 Å². The molecule has 4 nitrogen and oxygen atoms in total. The Balaban J connectivity index is 2.19. The lowest BCUT2D eigenvalue weighted by atomic mass is 9.92. The standard InChI is InChI=1S/C12H20N2O2/c1-2-9-14-10(5-8-13-14)11(15)12(16)6-3-4-7-12/h5,8,11,15-16H,2-4,6-7,9H2,1H3. The van der Waals surface area contributed by atoms with Crippen LogP contribution >= 0.6 is 0 Å². The van der Waals surface area contributed by atoms with E-state index in [4.69, 9.17) is 0 Å². The molecule has 1 aromatic heterocycles. The molecule has 1 aliphatic rings. The summed E-state index contributed by atoms with van der Waals surface area (Å²) in [5, 5.41) is 24.8. The highest BCUT2D eigenvalue weighted by Gasteiger charge is 2.40. The quantitative estimate of drug-likeness (QED) is 0.817. The number of hydrogen-bond acceptors (Lipinski definition) is 3. The highest BCUT2D eigenvalue weighted by Crippen LogP contribution is 2.39. The SMILES string of the molecule is CCCn1nccc1C(O)C1(O)CCCC1. The van der Waals surface area contributed by atoms with E-state index in [-0.39, 0.29) is 0 Å². The molecular formula is C12H20N2O2. The topological polar surface area (TPSA) is 58.3 Å². The van der Waals surface area contributed by atoms with Crippen molar-refractivity contribution in [1.82, 2.24) is 9.78 Å². The minimum atomic E-state index is -0.939. The summed E-state index contributed by atoms with van der Waals surface area (Å²) in [6.07, 6.45) is 5.22. The van der Waals surface area contributed by atoms with Crippen molar-refractivity contribution in [3.63, 3.8) is 0 Å². The van der Waals surface area contributed by atoms with Gasteiger partial charge in [-0.2, -0.15) is 5.10 Å². The van der Waals surface area contributed by atoms with Gasteiger partial charge in [-0.05, 0) is 25.3 Å². The first-order valence-corrected chi connectivity index (χ1v) is 6.09. The molecule has 1 saturated carbocycles. The third-order valence-corrected chi connectivity index (χ3v) is 3.44. The molecule has 0 bridgehead atoms. The summed E-state index contributed by atoms with van der Waals surface area (Å²) >= 11 is 0. The Hall–Kier alpha value is -0.870. The van der Waals surface area contributed by atoms with Crippen LogP contribution in [0.2, 0.25) is 0 Å². The van der Waals surface area contributed by atoms with Crippen molar-refractivity contribution >= 4 is 0 Å². The number of aromatic nitrogens is 2. The molecule has 4 heteroatoms. The summed E-state index contributed by atoms with van der Waals surface area (Å²) in [5.74, 6) is 0. The molecular weight excluding hydrogens is 204 g/mol. The molecule has 2 N–H and O–H groups in total. The Kier molecular flexibility index (Phi) is 3.30. The number of aryl methyl sites for hydroxylation is 1. The van der Waals surface area contributed by atoms with Crippen LogP contribution in [-0.4, -0.2) is 25.6 Å². The molecule has 0 amide bonds. The van der Waals surface area contributed by atoms with E-state index in [1.165, 1.54) is 0 Å². The molecule has 1 aromatic rings. The van der Waals surface area contributed by atoms with Crippen LogP contribution in [0.3, 0.4) is 0 Å². The molecule has 0 aromatic carbocycles. The first-order valence-electron chi connectivity index (χ1n) is 6.09. The van der Waals surface area contributed by atoms with Crippen LogP contribution in [0.25, 0.3) is 0 Å². The molecule has 2 rings (SSSR count). The second kappa shape index (κ2) is 4.55. The molecule has 1 unspecified atom stereocenters. The molecule has 1 heterocycles. The summed E-state index contributed by atoms with van der Waals surface area (Å²) in [5.41, 5.74) is -0.197. The summed E-state index contributed by atoms with van der Waals surface area (Å²) in [7, 11) is 0. The minimum absolute atomic E-state index is 0.686. The van der Waals surface area contributed by atoms with Gasteiger partial charge >= 0.3 is 0 Å². The average Bonchev–Trinajstić information content (AvgIpc) is 2.88. The summed E-state index contributed by atoms with van der Waals surface area (Å²) in [6.45, 7) is 2.86. The van der Waals surface area contributed by atoms with E-state index in [0.717, 1.165) is 31.5 Å². The van der Waals surface area contributed by atoms with Crippen LogP contribution in [0, 0.1) is 0 Å². The fourth-order valence-corrected chi connectivity index (χ4v) is 2.51. The molecule has 1 aliphatic carbocycles. The highest BCUT2D eigenvalue weighted by molar-refractivity contribution is 5.11. The predicted molar refractivity (Wildman–Crippen MR) is 60.9 cm³/mol. The zero-order valence-electron chi connectivity index (χ0n) is 9.76. The molecule has 1 fully saturated rings. The molecule has 0 saturated heterocycles. The summed E-state index contributed by atoms with van der Waals surface area (Å²) in [6, 6.07) is 1.80. The highest BCUT2D eigenvalue weighted by atomic mass is 16.3. The smallest absolute Gasteiger partial charge is 0.124 e. The van der Waals surface area contributed by atoms with Crippen molar-refractivity contribution in [3.8, 4) is 0 Å². The Morgan fingerprint density at radius 1 is 1.50 bits per heavy atom. The Morgan fingerprint density at radius 3 is 2.81 bits per heavy atom. The number of rotatable bonds is 4. The Bertz CT molecular complexity index is 343. The molecule has 0 aliphatic heterocycles. The number of aliphatic hydroxyl groups excluding tert-OH is 1. The Labute approximate surface area is 95.9 Å². The zero-order chi connectivity index (χ0) is 11.6. The van der Waals surface area contributed by atoms with Crippen LogP contribution in [0.4, 0.5) is 0 Å². The second-order valence-electron chi connectivity index (χ2n) is 4.69. The van der Waals surface area contributed by atoms with E-state index in [0.29, 0.717) is 12.8 Å². The van der Waals surface area contributed by atoms with Gasteiger partial charge in [0.15, 0.2) is 0 Å². The van der Waals surface area contributed by atoms with Gasteiger partial charge in [0.1, 0.15) is 6.10 Å². The van der Waals surface area contributed by atoms with Crippen LogP contribution in [0.5, 0.6) is 0 Å². The van der Waals surface area contributed by atoms with Crippen molar-refractivity contribution < 1.29 is 10.2 Å². The van der Waals surface area contributed by atoms with E-state index in [1.807, 2.05) is 0 Å². The molecule has 1 atom stereocenters. The van der Waals surface area contributed by atoms with Crippen molar-refractivity contribution in [3.05, 3.63) is 18.0 Å². The van der Waals surface area contributed by atoms with Crippen molar-refractivity contribution in [1.29, 1.82) is 0 Å². The largest absolute Gasteiger partial charge is 0.387 e. The van der Waals surface area contributed by atoms with Gasteiger partial charge in [0.2, 0.25) is 0 Å². The van der Waals surface area contributed by atoms with E-state index in [9.17, 15) is 10.2 Å². The average molecular weight is 224 g/mol. The van der Waals surface area contributed by atoms with Gasteiger partial charge < -0.3 is 10.2 Å². The van der Waals surface area contributed by atoms with Crippen LogP contribution in [0.15, 0.2) is 12.3 Å². The fourth-order valence-electron chi connectivity index (χ4n) is 2.51. The van der Waals surface area contributed by atoms with E-state index < -0.39 is 11.7 Å². The molecule has 90 valence electrons. The number of nitrogens with zero attached hydrogens (tertiary/aromatic N) is 2. The molecule has 16 heavy (non-hydrogen) atoms. The lowest BCUT2D eigenvalue weighted by Crippen LogP contribution is -2.34. The molecule has 0 spiro atoms. The van der Waals surface area contributed by atoms with E-state index in [1.54, 1.807) is 16.9 Å². The second-order valence-corrected chi connectivity index (χ2v) is 4.69. The lowest BCUT2D eigenvalue weighted by molar-refractivity contribution is -0.0756. The Morgan fingerprint density at radius 2 is 2.19 bits per heavy atom. The lowest BCUT2D eigenvalue weighted by Gasteiger charge is -2.28. The van der Waals surface area contributed by atoms with Gasteiger partial charge in [-0.1, -0.05) is 19.8 Å². The van der Waals surface area contributed by atoms with Gasteiger partial charge in [0.25, 0.3) is 0 Å². The predicted octanol–water partition coefficient (Wildman–Crippen LogP) is 1.63. The van der Waals surface area contributed by atoms with Gasteiger partial charge in [-0.15, -0.1) is 0 Å². The fraction of sp³-hybridized carbons (Fsp3) is 0.750. The van der Waals surface area contributed by atoms with Crippen LogP contribution in [0.1, 0.15) is 50.8 Å². The first-order chi connectivity index (χ1) is 7.67. The monoisotopic (exact) mass is 224 g/mol. The van der Waals surface area contributed by atoms with Gasteiger partial charge in [0, 0.05) is 12.7 Å². The zero-order valence-corrected chi connectivity index (χ0v) is 9.76. The van der Waals surface area contributed by atoms with Gasteiger partial charge in [-0.3, -0.25) is 4.68 Å². The van der Waals surface area contributed by atoms with E-state index >= 15 is 0 Å². The number of aliphatic hydroxyl groups is 2. The maximum absolute atomic E-state index is 10.3.